The van der Waals surface area contributed by atoms with Crippen molar-refractivity contribution in [2.75, 3.05) is 76.3 Å². The van der Waals surface area contributed by atoms with Gasteiger partial charge in [0.2, 0.25) is 0 Å². The maximum atomic E-state index is 12.2. The standard InChI is InChI=1S/C38H58N4O8/c1-5-41(6-2)25-29-47-35(43)31-17-21-33(22-18-31)39-37(45)49-27-15-13-11-9-10-12-14-16-28-50-38(46)40-34-23-19-32(20-24-34)36(44)48-30-26-42(7-3)8-4/h17-24H,5-16,25-30H2,1-4H3,(H,39,45)(H,40,46). The summed E-state index contributed by atoms with van der Waals surface area (Å²) < 4.78 is 21.2. The highest BCUT2D eigenvalue weighted by Crippen LogP contribution is 2.14. The molecule has 0 fully saturated rings. The highest BCUT2D eigenvalue weighted by atomic mass is 16.6. The van der Waals surface area contributed by atoms with Gasteiger partial charge in [-0.2, -0.15) is 0 Å². The van der Waals surface area contributed by atoms with Crippen LogP contribution in [0.1, 0.15) is 99.8 Å². The quantitative estimate of drug-likeness (QED) is 0.0606. The van der Waals surface area contributed by atoms with Gasteiger partial charge >= 0.3 is 24.1 Å². The number of carbonyl (C=O) groups excluding carboxylic acids is 4. The Hall–Kier alpha value is -4.16. The van der Waals surface area contributed by atoms with Gasteiger partial charge < -0.3 is 28.7 Å². The minimum atomic E-state index is -0.521. The molecular weight excluding hydrogens is 640 g/mol. The molecule has 0 aliphatic rings. The number of benzene rings is 2. The zero-order valence-corrected chi connectivity index (χ0v) is 30.5. The average molecular weight is 699 g/mol. The summed E-state index contributed by atoms with van der Waals surface area (Å²) in [5, 5.41) is 5.36. The summed E-state index contributed by atoms with van der Waals surface area (Å²) >= 11 is 0. The minimum absolute atomic E-state index is 0.337. The molecule has 2 aromatic rings. The molecule has 0 saturated heterocycles. The highest BCUT2D eigenvalue weighted by molar-refractivity contribution is 5.92. The molecule has 2 N–H and O–H groups in total. The second-order valence-electron chi connectivity index (χ2n) is 11.8. The van der Waals surface area contributed by atoms with Crippen molar-refractivity contribution in [2.24, 2.45) is 0 Å². The smallest absolute Gasteiger partial charge is 0.411 e. The third-order valence-electron chi connectivity index (χ3n) is 8.31. The summed E-state index contributed by atoms with van der Waals surface area (Å²) in [5.74, 6) is -0.771. The SMILES string of the molecule is CCN(CC)CCOC(=O)c1ccc(NC(=O)OCCCCCCCCCCOC(=O)Nc2ccc(C(=O)OCCN(CC)CC)cc2)cc1. The number of anilines is 2. The van der Waals surface area contributed by atoms with E-state index in [1.807, 2.05) is 0 Å². The van der Waals surface area contributed by atoms with E-state index in [9.17, 15) is 19.2 Å². The third-order valence-corrected chi connectivity index (χ3v) is 8.31. The van der Waals surface area contributed by atoms with Crippen molar-refractivity contribution in [3.63, 3.8) is 0 Å². The van der Waals surface area contributed by atoms with Gasteiger partial charge in [0.15, 0.2) is 0 Å². The van der Waals surface area contributed by atoms with Gasteiger partial charge in [-0.05, 0) is 87.6 Å². The zero-order valence-electron chi connectivity index (χ0n) is 30.5. The van der Waals surface area contributed by atoms with Crippen molar-refractivity contribution in [1.29, 1.82) is 0 Å². The molecule has 2 rings (SSSR count). The van der Waals surface area contributed by atoms with Crippen molar-refractivity contribution < 1.29 is 38.1 Å². The molecular formula is C38H58N4O8. The molecule has 0 heterocycles. The van der Waals surface area contributed by atoms with Gasteiger partial charge in [-0.3, -0.25) is 10.6 Å². The first-order valence-electron chi connectivity index (χ1n) is 18.2. The van der Waals surface area contributed by atoms with Crippen molar-refractivity contribution >= 4 is 35.5 Å². The molecule has 0 aromatic heterocycles. The van der Waals surface area contributed by atoms with Crippen molar-refractivity contribution in [3.05, 3.63) is 59.7 Å². The summed E-state index contributed by atoms with van der Waals surface area (Å²) in [6.07, 6.45) is 6.79. The Labute approximate surface area is 298 Å². The van der Waals surface area contributed by atoms with Crippen LogP contribution in [0.3, 0.4) is 0 Å². The first-order chi connectivity index (χ1) is 24.3. The van der Waals surface area contributed by atoms with Crippen LogP contribution in [-0.2, 0) is 18.9 Å². The maximum absolute atomic E-state index is 12.2. The van der Waals surface area contributed by atoms with Gasteiger partial charge in [0.25, 0.3) is 0 Å². The number of esters is 2. The van der Waals surface area contributed by atoms with Crippen LogP contribution >= 0.6 is 0 Å². The molecule has 0 unspecified atom stereocenters. The van der Waals surface area contributed by atoms with Crippen LogP contribution in [0.5, 0.6) is 0 Å². The lowest BCUT2D eigenvalue weighted by molar-refractivity contribution is 0.0457. The molecule has 0 saturated carbocycles. The fourth-order valence-corrected chi connectivity index (χ4v) is 5.06. The van der Waals surface area contributed by atoms with E-state index in [4.69, 9.17) is 18.9 Å². The number of nitrogens with one attached hydrogen (secondary N) is 2. The molecule has 12 nitrogen and oxygen atoms in total. The number of hydrogen-bond acceptors (Lipinski definition) is 10. The number of carbonyl (C=O) groups is 4. The van der Waals surface area contributed by atoms with Gasteiger partial charge in [0.05, 0.1) is 24.3 Å². The van der Waals surface area contributed by atoms with E-state index in [1.54, 1.807) is 48.5 Å². The van der Waals surface area contributed by atoms with E-state index in [2.05, 4.69) is 48.1 Å². The molecule has 0 spiro atoms. The van der Waals surface area contributed by atoms with Crippen LogP contribution < -0.4 is 10.6 Å². The van der Waals surface area contributed by atoms with Crippen molar-refractivity contribution in [2.45, 2.75) is 79.1 Å². The second-order valence-corrected chi connectivity index (χ2v) is 11.8. The van der Waals surface area contributed by atoms with Gasteiger partial charge in [0, 0.05) is 24.5 Å². The monoisotopic (exact) mass is 698 g/mol. The van der Waals surface area contributed by atoms with E-state index in [0.29, 0.717) is 62.0 Å². The Morgan fingerprint density at radius 3 is 1.10 bits per heavy atom. The van der Waals surface area contributed by atoms with Gasteiger partial charge in [-0.15, -0.1) is 0 Å². The molecule has 0 bridgehead atoms. The molecule has 0 radical (unpaired) electrons. The summed E-state index contributed by atoms with van der Waals surface area (Å²) in [7, 11) is 0. The summed E-state index contributed by atoms with van der Waals surface area (Å²) in [4.78, 5) is 53.0. The number of ether oxygens (including phenoxy) is 4. The van der Waals surface area contributed by atoms with Crippen molar-refractivity contribution in [1.82, 2.24) is 9.80 Å². The fourth-order valence-electron chi connectivity index (χ4n) is 5.06. The number of unbranched alkanes of at least 4 members (excludes halogenated alkanes) is 7. The number of nitrogens with zero attached hydrogens (tertiary/aromatic N) is 2. The van der Waals surface area contributed by atoms with Crippen LogP contribution in [0.4, 0.5) is 21.0 Å². The number of likely N-dealkylation sites (N-methyl/N-ethyl adjacent to an activating group) is 2. The van der Waals surface area contributed by atoms with Crippen LogP contribution in [0.15, 0.2) is 48.5 Å². The predicted molar refractivity (Wildman–Crippen MR) is 196 cm³/mol. The Balaban J connectivity index is 1.44. The highest BCUT2D eigenvalue weighted by Gasteiger charge is 2.11. The lowest BCUT2D eigenvalue weighted by Crippen LogP contribution is -2.27. The topological polar surface area (TPSA) is 136 Å². The molecule has 278 valence electrons. The first kappa shape index (κ1) is 42.0. The number of rotatable bonds is 25. The fraction of sp³-hybridized carbons (Fsp3) is 0.579. The van der Waals surface area contributed by atoms with Crippen LogP contribution in [0, 0.1) is 0 Å². The number of hydrogen-bond donors (Lipinski definition) is 2. The van der Waals surface area contributed by atoms with Crippen LogP contribution in [-0.4, -0.2) is 99.6 Å². The molecule has 2 amide bonds. The lowest BCUT2D eigenvalue weighted by atomic mass is 10.1. The molecule has 12 heteroatoms. The van der Waals surface area contributed by atoms with E-state index in [0.717, 1.165) is 77.5 Å². The van der Waals surface area contributed by atoms with E-state index < -0.39 is 12.2 Å². The average Bonchev–Trinajstić information content (AvgIpc) is 3.12. The summed E-state index contributed by atoms with van der Waals surface area (Å²) in [5.41, 5.74) is 1.96. The van der Waals surface area contributed by atoms with Crippen molar-refractivity contribution in [3.8, 4) is 0 Å². The van der Waals surface area contributed by atoms with Gasteiger partial charge in [0.1, 0.15) is 13.2 Å². The Bertz CT molecular complexity index is 1150. The first-order valence-corrected chi connectivity index (χ1v) is 18.2. The normalized spacial score (nSPS) is 10.9. The summed E-state index contributed by atoms with van der Waals surface area (Å²) in [6.45, 7) is 14.7. The molecule has 0 aliphatic carbocycles. The van der Waals surface area contributed by atoms with Crippen LogP contribution in [0.25, 0.3) is 0 Å². The molecule has 0 atom stereocenters. The van der Waals surface area contributed by atoms with E-state index >= 15 is 0 Å². The molecule has 2 aromatic carbocycles. The number of amides is 2. The Kier molecular flexibility index (Phi) is 21.6. The molecule has 0 aliphatic heterocycles. The molecule has 50 heavy (non-hydrogen) atoms. The lowest BCUT2D eigenvalue weighted by Gasteiger charge is -2.17. The predicted octanol–water partition coefficient (Wildman–Crippen LogP) is 7.60. The van der Waals surface area contributed by atoms with Gasteiger partial charge in [-0.1, -0.05) is 66.2 Å². The van der Waals surface area contributed by atoms with Gasteiger partial charge in [-0.25, -0.2) is 19.2 Å². The maximum Gasteiger partial charge on any atom is 0.411 e. The Morgan fingerprint density at radius 2 is 0.780 bits per heavy atom. The van der Waals surface area contributed by atoms with Crippen LogP contribution in [0.2, 0.25) is 0 Å². The largest absolute Gasteiger partial charge is 0.461 e. The van der Waals surface area contributed by atoms with E-state index in [1.165, 1.54) is 0 Å². The third kappa shape index (κ3) is 18.0. The minimum Gasteiger partial charge on any atom is -0.461 e. The van der Waals surface area contributed by atoms with E-state index in [-0.39, 0.29) is 11.9 Å². The summed E-state index contributed by atoms with van der Waals surface area (Å²) in [6, 6.07) is 13.1. The Morgan fingerprint density at radius 1 is 0.460 bits per heavy atom. The zero-order chi connectivity index (χ0) is 36.4. The second kappa shape index (κ2) is 25.8.